The van der Waals surface area contributed by atoms with Crippen molar-refractivity contribution in [3.05, 3.63) is 64.7 Å². The van der Waals surface area contributed by atoms with E-state index in [1.807, 2.05) is 26.8 Å². The predicted octanol–water partition coefficient (Wildman–Crippen LogP) is 3.89. The van der Waals surface area contributed by atoms with E-state index in [4.69, 9.17) is 4.98 Å². The summed E-state index contributed by atoms with van der Waals surface area (Å²) in [5.41, 5.74) is 4.02. The molecule has 0 N–H and O–H groups in total. The molecule has 5 nitrogen and oxygen atoms in total. The summed E-state index contributed by atoms with van der Waals surface area (Å²) in [7, 11) is -3.43. The van der Waals surface area contributed by atoms with Gasteiger partial charge in [0.05, 0.1) is 0 Å². The molecule has 1 aliphatic rings. The first-order chi connectivity index (χ1) is 13.8. The van der Waals surface area contributed by atoms with Crippen LogP contribution in [0.25, 0.3) is 0 Å². The van der Waals surface area contributed by atoms with E-state index in [1.165, 1.54) is 16.4 Å². The molecule has 2 heterocycles. The Morgan fingerprint density at radius 2 is 1.83 bits per heavy atom. The fraction of sp³-hybridized carbons (Fsp3) is 0.500. The van der Waals surface area contributed by atoms with Crippen LogP contribution in [0.3, 0.4) is 0 Å². The summed E-state index contributed by atoms with van der Waals surface area (Å²) in [4.78, 5) is 4.72. The van der Waals surface area contributed by atoms with Crippen LogP contribution in [0.15, 0.2) is 36.4 Å². The molecule has 0 radical (unpaired) electrons. The molecule has 1 aliphatic heterocycles. The van der Waals surface area contributed by atoms with Crippen LogP contribution in [0.1, 0.15) is 55.1 Å². The smallest absolute Gasteiger partial charge is 0.258 e. The molecule has 0 spiro atoms. The highest BCUT2D eigenvalue weighted by molar-refractivity contribution is 7.86. The zero-order chi connectivity index (χ0) is 21.0. The van der Waals surface area contributed by atoms with Crippen LogP contribution in [-0.2, 0) is 16.6 Å². The molecule has 3 rings (SSSR count). The van der Waals surface area contributed by atoms with Gasteiger partial charge in [-0.15, -0.1) is 0 Å². The van der Waals surface area contributed by atoms with Gasteiger partial charge in [0.1, 0.15) is 5.82 Å². The zero-order valence-corrected chi connectivity index (χ0v) is 18.3. The molecule has 0 unspecified atom stereocenters. The number of rotatable bonds is 7. The number of hydrogen-bond donors (Lipinski definition) is 0. The molecule has 158 valence electrons. The SMILES string of the molecule is CCN(CC)S(=O)(=O)N1CCC[C@H](c2cc(Cc3ccc(F)cc3)cc(C)n2)C1. The first-order valence-corrected chi connectivity index (χ1v) is 11.7. The maximum atomic E-state index is 13.2. The average Bonchev–Trinajstić information content (AvgIpc) is 2.70. The molecule has 29 heavy (non-hydrogen) atoms. The highest BCUT2D eigenvalue weighted by Gasteiger charge is 2.33. The van der Waals surface area contributed by atoms with Gasteiger partial charge in [-0.3, -0.25) is 4.98 Å². The van der Waals surface area contributed by atoms with Crippen molar-refractivity contribution >= 4 is 10.2 Å². The molecular weight excluding hydrogens is 389 g/mol. The lowest BCUT2D eigenvalue weighted by Gasteiger charge is -2.35. The van der Waals surface area contributed by atoms with Crippen LogP contribution in [0.5, 0.6) is 0 Å². The fourth-order valence-electron chi connectivity index (χ4n) is 4.02. The van der Waals surface area contributed by atoms with Crippen molar-refractivity contribution in [2.75, 3.05) is 26.2 Å². The van der Waals surface area contributed by atoms with E-state index in [2.05, 4.69) is 6.07 Å². The number of piperidine rings is 1. The van der Waals surface area contributed by atoms with Crippen molar-refractivity contribution in [1.29, 1.82) is 0 Å². The minimum absolute atomic E-state index is 0.0842. The lowest BCUT2D eigenvalue weighted by Crippen LogP contribution is -2.47. The highest BCUT2D eigenvalue weighted by atomic mass is 32.2. The molecule has 0 aliphatic carbocycles. The Labute approximate surface area is 173 Å². The predicted molar refractivity (Wildman–Crippen MR) is 114 cm³/mol. The summed E-state index contributed by atoms with van der Waals surface area (Å²) in [5.74, 6) is -0.155. The topological polar surface area (TPSA) is 53.5 Å². The molecule has 1 aromatic carbocycles. The largest absolute Gasteiger partial charge is 0.281 e. The Morgan fingerprint density at radius 1 is 1.14 bits per heavy atom. The van der Waals surface area contributed by atoms with Crippen molar-refractivity contribution in [3.63, 3.8) is 0 Å². The summed E-state index contributed by atoms with van der Waals surface area (Å²) in [6.07, 6.45) is 2.45. The number of aryl methyl sites for hydroxylation is 1. The highest BCUT2D eigenvalue weighted by Crippen LogP contribution is 2.29. The Kier molecular flexibility index (Phi) is 7.03. The second-order valence-electron chi connectivity index (χ2n) is 7.63. The number of benzene rings is 1. The molecule has 0 amide bonds. The maximum absolute atomic E-state index is 13.2. The zero-order valence-electron chi connectivity index (χ0n) is 17.4. The first kappa shape index (κ1) is 21.9. The van der Waals surface area contributed by atoms with Gasteiger partial charge in [-0.2, -0.15) is 17.0 Å². The number of halogens is 1. The third-order valence-electron chi connectivity index (χ3n) is 5.51. The third-order valence-corrected chi connectivity index (χ3v) is 7.67. The Morgan fingerprint density at radius 3 is 2.48 bits per heavy atom. The van der Waals surface area contributed by atoms with E-state index < -0.39 is 10.2 Å². The second kappa shape index (κ2) is 9.32. The Bertz CT molecular complexity index is 928. The van der Waals surface area contributed by atoms with Crippen molar-refractivity contribution in [2.45, 2.75) is 46.0 Å². The van der Waals surface area contributed by atoms with Gasteiger partial charge in [0, 0.05) is 43.5 Å². The van der Waals surface area contributed by atoms with Crippen LogP contribution < -0.4 is 0 Å². The average molecular weight is 420 g/mol. The summed E-state index contributed by atoms with van der Waals surface area (Å²) < 4.78 is 42.1. The van der Waals surface area contributed by atoms with Gasteiger partial charge >= 0.3 is 0 Å². The van der Waals surface area contributed by atoms with Gasteiger partial charge in [0.2, 0.25) is 0 Å². The third kappa shape index (κ3) is 5.21. The van der Waals surface area contributed by atoms with Crippen LogP contribution in [0.4, 0.5) is 4.39 Å². The van der Waals surface area contributed by atoms with Gasteiger partial charge in [-0.25, -0.2) is 4.39 Å². The minimum Gasteiger partial charge on any atom is -0.258 e. The molecule has 1 fully saturated rings. The molecule has 1 atom stereocenters. The molecule has 0 saturated carbocycles. The van der Waals surface area contributed by atoms with E-state index in [-0.39, 0.29) is 11.7 Å². The summed E-state index contributed by atoms with van der Waals surface area (Å²) in [6, 6.07) is 10.7. The van der Waals surface area contributed by atoms with Crippen molar-refractivity contribution < 1.29 is 12.8 Å². The summed E-state index contributed by atoms with van der Waals surface area (Å²) in [6.45, 7) is 7.67. The van der Waals surface area contributed by atoms with E-state index in [0.717, 1.165) is 35.4 Å². The summed E-state index contributed by atoms with van der Waals surface area (Å²) >= 11 is 0. The maximum Gasteiger partial charge on any atom is 0.281 e. The number of nitrogens with zero attached hydrogens (tertiary/aromatic N) is 3. The van der Waals surface area contributed by atoms with E-state index in [9.17, 15) is 12.8 Å². The van der Waals surface area contributed by atoms with Crippen molar-refractivity contribution in [1.82, 2.24) is 13.6 Å². The standard InChI is InChI=1S/C22H30FN3O2S/c1-4-25(5-2)29(27,28)26-12-6-7-20(16-26)22-15-19(13-17(3)24-22)14-18-8-10-21(23)11-9-18/h8-11,13,15,20H,4-7,12,14,16H2,1-3H3/t20-/m0/s1. The molecule has 1 saturated heterocycles. The van der Waals surface area contributed by atoms with Gasteiger partial charge in [-0.05, 0) is 61.6 Å². The molecule has 7 heteroatoms. The van der Waals surface area contributed by atoms with Gasteiger partial charge in [0.25, 0.3) is 10.2 Å². The Hall–Kier alpha value is -1.83. The van der Waals surface area contributed by atoms with E-state index >= 15 is 0 Å². The normalized spacial score (nSPS) is 18.3. The monoisotopic (exact) mass is 419 g/mol. The Balaban J connectivity index is 1.81. The van der Waals surface area contributed by atoms with Crippen LogP contribution >= 0.6 is 0 Å². The van der Waals surface area contributed by atoms with Crippen molar-refractivity contribution in [3.8, 4) is 0 Å². The lowest BCUT2D eigenvalue weighted by atomic mass is 9.93. The summed E-state index contributed by atoms with van der Waals surface area (Å²) in [5, 5.41) is 0. The van der Waals surface area contributed by atoms with Gasteiger partial charge < -0.3 is 0 Å². The fourth-order valence-corrected chi connectivity index (χ4v) is 5.73. The lowest BCUT2D eigenvalue weighted by molar-refractivity contribution is 0.285. The van der Waals surface area contributed by atoms with Crippen LogP contribution in [-0.4, -0.2) is 48.2 Å². The van der Waals surface area contributed by atoms with Gasteiger partial charge in [-0.1, -0.05) is 26.0 Å². The molecule has 2 aromatic rings. The molecular formula is C22H30FN3O2S. The minimum atomic E-state index is -3.43. The quantitative estimate of drug-likeness (QED) is 0.684. The number of hydrogen-bond acceptors (Lipinski definition) is 3. The van der Waals surface area contributed by atoms with Crippen LogP contribution in [0.2, 0.25) is 0 Å². The second-order valence-corrected chi connectivity index (χ2v) is 9.56. The van der Waals surface area contributed by atoms with E-state index in [0.29, 0.717) is 32.6 Å². The molecule has 0 bridgehead atoms. The number of pyridine rings is 1. The number of aromatic nitrogens is 1. The first-order valence-electron chi connectivity index (χ1n) is 10.3. The van der Waals surface area contributed by atoms with Crippen LogP contribution in [0, 0.1) is 12.7 Å². The van der Waals surface area contributed by atoms with Gasteiger partial charge in [0.15, 0.2) is 0 Å². The van der Waals surface area contributed by atoms with Crippen molar-refractivity contribution in [2.24, 2.45) is 0 Å². The molecule has 1 aromatic heterocycles. The van der Waals surface area contributed by atoms with E-state index in [1.54, 1.807) is 16.4 Å².